The summed E-state index contributed by atoms with van der Waals surface area (Å²) in [6, 6.07) is 4.37. The van der Waals surface area contributed by atoms with E-state index in [1.165, 1.54) is 15.4 Å². The van der Waals surface area contributed by atoms with E-state index >= 15 is 0 Å². The maximum atomic E-state index is 8.80. The van der Waals surface area contributed by atoms with E-state index in [9.17, 15) is 0 Å². The zero-order chi connectivity index (χ0) is 11.3. The Kier molecular flexibility index (Phi) is 6.12. The second-order valence-corrected chi connectivity index (χ2v) is 5.66. The highest BCUT2D eigenvalue weighted by Gasteiger charge is 2.07. The lowest BCUT2D eigenvalue weighted by Crippen LogP contribution is -1.91. The van der Waals surface area contributed by atoms with Gasteiger partial charge in [0.1, 0.15) is 0 Å². The van der Waals surface area contributed by atoms with Gasteiger partial charge in [-0.3, -0.25) is 0 Å². The lowest BCUT2D eigenvalue weighted by Gasteiger charge is -2.10. The minimum Gasteiger partial charge on any atom is -0.396 e. The molecule has 1 N–H and O–H groups in total. The fraction of sp³-hybridized carbons (Fsp3) is 0.455. The Morgan fingerprint density at radius 2 is 2.00 bits per heavy atom. The van der Waals surface area contributed by atoms with Gasteiger partial charge in [-0.05, 0) is 59.0 Å². The number of halogens is 1. The Balaban J connectivity index is 2.97. The van der Waals surface area contributed by atoms with Gasteiger partial charge in [-0.1, -0.05) is 0 Å². The van der Waals surface area contributed by atoms with Gasteiger partial charge in [-0.2, -0.15) is 0 Å². The predicted octanol–water partition coefficient (Wildman–Crippen LogP) is 3.82. The van der Waals surface area contributed by atoms with Crippen molar-refractivity contribution in [3.8, 4) is 0 Å². The Morgan fingerprint density at radius 3 is 2.53 bits per heavy atom. The summed E-state index contributed by atoms with van der Waals surface area (Å²) in [7, 11) is 0. The maximum absolute atomic E-state index is 8.80. The lowest BCUT2D eigenvalue weighted by atomic mass is 10.1. The van der Waals surface area contributed by atoms with Gasteiger partial charge in [0.2, 0.25) is 0 Å². The van der Waals surface area contributed by atoms with Gasteiger partial charge in [-0.15, -0.1) is 23.5 Å². The van der Waals surface area contributed by atoms with Crippen molar-refractivity contribution in [3.05, 3.63) is 22.2 Å². The summed E-state index contributed by atoms with van der Waals surface area (Å²) < 4.78 is 1.16. The molecule has 1 rings (SSSR count). The average Bonchev–Trinajstić information content (AvgIpc) is 2.25. The molecule has 15 heavy (non-hydrogen) atoms. The highest BCUT2D eigenvalue weighted by Crippen LogP contribution is 2.36. The molecule has 1 aromatic carbocycles. The zero-order valence-electron chi connectivity index (χ0n) is 8.92. The monoisotopic (exact) mass is 306 g/mol. The minimum atomic E-state index is 0.260. The molecule has 0 saturated carbocycles. The Morgan fingerprint density at radius 1 is 1.27 bits per heavy atom. The Bertz CT molecular complexity index is 329. The highest BCUT2D eigenvalue weighted by atomic mass is 79.9. The van der Waals surface area contributed by atoms with Crippen LogP contribution in [0.2, 0.25) is 0 Å². The first-order valence-electron chi connectivity index (χ1n) is 4.74. The molecule has 0 bridgehead atoms. The molecule has 0 radical (unpaired) electrons. The number of aliphatic hydroxyl groups excluding tert-OH is 1. The molecule has 0 unspecified atom stereocenters. The van der Waals surface area contributed by atoms with Gasteiger partial charge in [-0.25, -0.2) is 0 Å². The van der Waals surface area contributed by atoms with Crippen molar-refractivity contribution in [1.29, 1.82) is 0 Å². The number of aryl methyl sites for hydroxylation is 1. The van der Waals surface area contributed by atoms with Crippen LogP contribution in [-0.2, 0) is 6.42 Å². The summed E-state index contributed by atoms with van der Waals surface area (Å²) in [6.07, 6.45) is 5.96. The number of aliphatic hydroxyl groups is 1. The van der Waals surface area contributed by atoms with Gasteiger partial charge in [0, 0.05) is 20.9 Å². The molecule has 1 nitrogen and oxygen atoms in total. The maximum Gasteiger partial charge on any atom is 0.0434 e. The summed E-state index contributed by atoms with van der Waals surface area (Å²) in [6.45, 7) is 0.260. The van der Waals surface area contributed by atoms with Crippen molar-refractivity contribution in [2.75, 3.05) is 19.1 Å². The number of benzene rings is 1. The number of hydrogen-bond acceptors (Lipinski definition) is 3. The van der Waals surface area contributed by atoms with E-state index in [0.717, 1.165) is 17.3 Å². The highest BCUT2D eigenvalue weighted by molar-refractivity contribution is 9.10. The van der Waals surface area contributed by atoms with Crippen molar-refractivity contribution in [2.45, 2.75) is 22.6 Å². The first-order valence-corrected chi connectivity index (χ1v) is 7.98. The van der Waals surface area contributed by atoms with Gasteiger partial charge in [0.25, 0.3) is 0 Å². The standard InChI is InChI=1S/C11H15BrOS2/c1-14-10-7-8(4-3-5-13)6-9(12)11(10)15-2/h6-7,13H,3-5H2,1-2H3. The summed E-state index contributed by atoms with van der Waals surface area (Å²) in [5.74, 6) is 0. The Hall–Kier alpha value is 0.360. The van der Waals surface area contributed by atoms with Crippen LogP contribution in [0.3, 0.4) is 0 Å². The minimum absolute atomic E-state index is 0.260. The molecule has 0 heterocycles. The zero-order valence-corrected chi connectivity index (χ0v) is 12.1. The van der Waals surface area contributed by atoms with E-state index in [1.807, 2.05) is 0 Å². The van der Waals surface area contributed by atoms with E-state index in [-0.39, 0.29) is 6.61 Å². The van der Waals surface area contributed by atoms with Crippen LogP contribution in [0.15, 0.2) is 26.4 Å². The molecule has 0 fully saturated rings. The van der Waals surface area contributed by atoms with Gasteiger partial charge < -0.3 is 5.11 Å². The third kappa shape index (κ3) is 3.70. The second-order valence-electron chi connectivity index (χ2n) is 3.14. The second kappa shape index (κ2) is 6.84. The van der Waals surface area contributed by atoms with Crippen LogP contribution < -0.4 is 0 Å². The summed E-state index contributed by atoms with van der Waals surface area (Å²) in [5.41, 5.74) is 1.29. The van der Waals surface area contributed by atoms with Crippen molar-refractivity contribution >= 4 is 39.5 Å². The van der Waals surface area contributed by atoms with E-state index in [1.54, 1.807) is 23.5 Å². The third-order valence-corrected chi connectivity index (χ3v) is 4.74. The molecular formula is C11H15BrOS2. The molecular weight excluding hydrogens is 292 g/mol. The van der Waals surface area contributed by atoms with Crippen molar-refractivity contribution in [3.63, 3.8) is 0 Å². The van der Waals surface area contributed by atoms with Crippen LogP contribution in [0.25, 0.3) is 0 Å². The summed E-state index contributed by atoms with van der Waals surface area (Å²) in [5, 5.41) is 8.80. The predicted molar refractivity (Wildman–Crippen MR) is 73.1 cm³/mol. The molecule has 84 valence electrons. The van der Waals surface area contributed by atoms with Crippen LogP contribution in [-0.4, -0.2) is 24.2 Å². The smallest absolute Gasteiger partial charge is 0.0434 e. The number of thioether (sulfide) groups is 2. The fourth-order valence-corrected chi connectivity index (χ4v) is 4.10. The molecule has 0 saturated heterocycles. The first kappa shape index (κ1) is 13.4. The van der Waals surface area contributed by atoms with Crippen LogP contribution >= 0.6 is 39.5 Å². The Labute approximate surface area is 108 Å². The SMILES string of the molecule is CSc1cc(CCCO)cc(Br)c1SC. The molecule has 0 aliphatic carbocycles. The van der Waals surface area contributed by atoms with Crippen molar-refractivity contribution in [1.82, 2.24) is 0 Å². The normalized spacial score (nSPS) is 10.7. The van der Waals surface area contributed by atoms with Crippen molar-refractivity contribution < 1.29 is 5.11 Å². The molecule has 0 aromatic heterocycles. The lowest BCUT2D eigenvalue weighted by molar-refractivity contribution is 0.288. The molecule has 0 aliphatic heterocycles. The summed E-state index contributed by atoms with van der Waals surface area (Å²) in [4.78, 5) is 2.61. The molecule has 4 heteroatoms. The van der Waals surface area contributed by atoms with Gasteiger partial charge in [0.05, 0.1) is 0 Å². The van der Waals surface area contributed by atoms with Crippen LogP contribution in [0.4, 0.5) is 0 Å². The quantitative estimate of drug-likeness (QED) is 0.835. The largest absolute Gasteiger partial charge is 0.396 e. The molecule has 0 atom stereocenters. The van der Waals surface area contributed by atoms with E-state index in [4.69, 9.17) is 5.11 Å². The first-order chi connectivity index (χ1) is 7.22. The molecule has 1 aromatic rings. The van der Waals surface area contributed by atoms with E-state index < -0.39 is 0 Å². The van der Waals surface area contributed by atoms with Crippen molar-refractivity contribution in [2.24, 2.45) is 0 Å². The fourth-order valence-electron chi connectivity index (χ4n) is 1.40. The number of hydrogen-bond donors (Lipinski definition) is 1. The topological polar surface area (TPSA) is 20.2 Å². The van der Waals surface area contributed by atoms with Gasteiger partial charge in [0.15, 0.2) is 0 Å². The van der Waals surface area contributed by atoms with Crippen LogP contribution in [0.5, 0.6) is 0 Å². The molecule has 0 spiro atoms. The van der Waals surface area contributed by atoms with Crippen LogP contribution in [0.1, 0.15) is 12.0 Å². The van der Waals surface area contributed by atoms with E-state index in [0.29, 0.717) is 0 Å². The molecule has 0 aliphatic rings. The van der Waals surface area contributed by atoms with Crippen LogP contribution in [0, 0.1) is 0 Å². The van der Waals surface area contributed by atoms with E-state index in [2.05, 4.69) is 40.6 Å². The summed E-state index contributed by atoms with van der Waals surface area (Å²) >= 11 is 7.12. The average molecular weight is 307 g/mol. The third-order valence-electron chi connectivity index (χ3n) is 2.12. The molecule has 0 amide bonds. The van der Waals surface area contributed by atoms with Gasteiger partial charge >= 0.3 is 0 Å². The number of rotatable bonds is 5.